The molecule has 0 atom stereocenters. The van der Waals surface area contributed by atoms with Gasteiger partial charge in [-0.05, 0) is 47.7 Å². The van der Waals surface area contributed by atoms with Crippen LogP contribution >= 0.6 is 0 Å². The highest BCUT2D eigenvalue weighted by atomic mass is 19.4. The number of hydrogen-bond acceptors (Lipinski definition) is 5. The number of halogens is 7. The van der Waals surface area contributed by atoms with Crippen molar-refractivity contribution in [3.8, 4) is 0 Å². The number of benzene rings is 2. The molecule has 14 heteroatoms. The van der Waals surface area contributed by atoms with Gasteiger partial charge in [0.05, 0.1) is 18.9 Å². The molecule has 0 aliphatic rings. The van der Waals surface area contributed by atoms with E-state index in [1.54, 1.807) is 24.4 Å². The fourth-order valence-electron chi connectivity index (χ4n) is 3.34. The average Bonchev–Trinajstić information content (AvgIpc) is 3.31. The number of ether oxygens (including phenoxy) is 1. The molecule has 7 nitrogen and oxygen atoms in total. The molecule has 0 aliphatic heterocycles. The summed E-state index contributed by atoms with van der Waals surface area (Å²) in [6, 6.07) is 9.20. The molecule has 210 valence electrons. The van der Waals surface area contributed by atoms with E-state index in [2.05, 4.69) is 10.2 Å². The molecule has 2 N–H and O–H groups in total. The largest absolute Gasteiger partial charge is 0.490 e. The first kappa shape index (κ1) is 31.0. The standard InChI is InChI=1S/C23H20F4N2O3.C2HF3O2/c1-32-22(31)21-16(13-28-29-21)6-5-14-3-2-4-15(9-14)10-19(30)12-17-11-18(23(25,26)27)7-8-20(17)24;3-2(4,5)1(6)7/h2-4,7-9,11,13H,5-6,10,12H2,1H3,(H,28,29);(H,6,7). The topological polar surface area (TPSA) is 109 Å². The van der Waals surface area contributed by atoms with Gasteiger partial charge in [0.15, 0.2) is 0 Å². The molecule has 0 fully saturated rings. The summed E-state index contributed by atoms with van der Waals surface area (Å²) in [5.74, 6) is -4.52. The van der Waals surface area contributed by atoms with E-state index in [9.17, 15) is 40.3 Å². The molecule has 0 spiro atoms. The molecule has 2 aromatic carbocycles. The summed E-state index contributed by atoms with van der Waals surface area (Å²) in [5, 5.41) is 13.6. The number of hydrogen-bond donors (Lipinski definition) is 2. The molecule has 0 radical (unpaired) electrons. The fourth-order valence-corrected chi connectivity index (χ4v) is 3.34. The first-order valence-corrected chi connectivity index (χ1v) is 11.0. The van der Waals surface area contributed by atoms with Gasteiger partial charge in [0, 0.05) is 18.4 Å². The normalized spacial score (nSPS) is 11.4. The second-order valence-corrected chi connectivity index (χ2v) is 8.08. The molecule has 0 bridgehead atoms. The molecular weight excluding hydrogens is 541 g/mol. The fraction of sp³-hybridized carbons (Fsp3) is 0.280. The number of aromatic nitrogens is 2. The Morgan fingerprint density at radius 2 is 1.56 bits per heavy atom. The number of aliphatic carboxylic acids is 1. The Balaban J connectivity index is 0.000000673. The molecule has 0 aliphatic carbocycles. The van der Waals surface area contributed by atoms with Crippen LogP contribution in [0.5, 0.6) is 0 Å². The zero-order valence-corrected chi connectivity index (χ0v) is 20.1. The number of aryl methyl sites for hydroxylation is 2. The van der Waals surface area contributed by atoms with Crippen molar-refractivity contribution in [1.29, 1.82) is 0 Å². The van der Waals surface area contributed by atoms with Gasteiger partial charge in [-0.1, -0.05) is 24.3 Å². The number of alkyl halides is 6. The van der Waals surface area contributed by atoms with E-state index in [-0.39, 0.29) is 17.7 Å². The minimum absolute atomic E-state index is 0.0390. The lowest BCUT2D eigenvalue weighted by Crippen LogP contribution is -2.21. The zero-order valence-electron chi connectivity index (χ0n) is 20.1. The van der Waals surface area contributed by atoms with Gasteiger partial charge in [-0.2, -0.15) is 31.4 Å². The number of Topliss-reactive ketones (excluding diaryl/α,β-unsaturated/α-hetero) is 1. The van der Waals surface area contributed by atoms with Gasteiger partial charge in [-0.15, -0.1) is 0 Å². The second kappa shape index (κ2) is 13.0. The van der Waals surface area contributed by atoms with Gasteiger partial charge < -0.3 is 9.84 Å². The highest BCUT2D eigenvalue weighted by Gasteiger charge is 2.38. The molecule has 0 saturated carbocycles. The summed E-state index contributed by atoms with van der Waals surface area (Å²) in [5.41, 5.74) is 1.27. The number of rotatable bonds is 8. The average molecular weight is 562 g/mol. The summed E-state index contributed by atoms with van der Waals surface area (Å²) >= 11 is 0. The lowest BCUT2D eigenvalue weighted by Gasteiger charge is -2.10. The van der Waals surface area contributed by atoms with Crippen LogP contribution in [0, 0.1) is 5.82 Å². The van der Waals surface area contributed by atoms with E-state index < -0.39 is 47.9 Å². The van der Waals surface area contributed by atoms with Crippen LogP contribution < -0.4 is 0 Å². The van der Waals surface area contributed by atoms with Gasteiger partial charge in [0.25, 0.3) is 0 Å². The van der Waals surface area contributed by atoms with Crippen LogP contribution in [0.25, 0.3) is 0 Å². The summed E-state index contributed by atoms with van der Waals surface area (Å²) in [6.07, 6.45) is -7.55. The van der Waals surface area contributed by atoms with Gasteiger partial charge in [0.2, 0.25) is 0 Å². The number of methoxy groups -OCH3 is 1. The molecule has 1 heterocycles. The van der Waals surface area contributed by atoms with Crippen molar-refractivity contribution in [3.63, 3.8) is 0 Å². The van der Waals surface area contributed by atoms with E-state index in [1.807, 2.05) is 6.07 Å². The van der Waals surface area contributed by atoms with Crippen molar-refractivity contribution in [2.45, 2.75) is 38.0 Å². The Hall–Kier alpha value is -4.23. The molecule has 0 amide bonds. The summed E-state index contributed by atoms with van der Waals surface area (Å²) in [6.45, 7) is 0. The quantitative estimate of drug-likeness (QED) is 0.291. The van der Waals surface area contributed by atoms with Crippen molar-refractivity contribution in [2.24, 2.45) is 0 Å². The smallest absolute Gasteiger partial charge is 0.475 e. The van der Waals surface area contributed by atoms with Gasteiger partial charge in [-0.3, -0.25) is 9.89 Å². The number of carboxylic acids is 1. The molecular formula is C25H21F7N2O5. The van der Waals surface area contributed by atoms with Gasteiger partial charge in [-0.25, -0.2) is 14.0 Å². The third kappa shape index (κ3) is 9.54. The Bertz CT molecular complexity index is 1320. The predicted octanol–water partition coefficient (Wildman–Crippen LogP) is 5.13. The van der Waals surface area contributed by atoms with Crippen LogP contribution in [0.2, 0.25) is 0 Å². The van der Waals surface area contributed by atoms with Gasteiger partial charge in [0.1, 0.15) is 17.3 Å². The molecule has 0 unspecified atom stereocenters. The third-order valence-electron chi connectivity index (χ3n) is 5.19. The number of H-pyrrole nitrogens is 1. The number of carbonyl (C=O) groups is 3. The maximum Gasteiger partial charge on any atom is 0.490 e. The lowest BCUT2D eigenvalue weighted by molar-refractivity contribution is -0.192. The minimum atomic E-state index is -5.08. The monoisotopic (exact) mass is 562 g/mol. The number of carbonyl (C=O) groups excluding carboxylic acids is 2. The first-order chi connectivity index (χ1) is 18.1. The third-order valence-corrected chi connectivity index (χ3v) is 5.19. The summed E-state index contributed by atoms with van der Waals surface area (Å²) in [4.78, 5) is 33.0. The summed E-state index contributed by atoms with van der Waals surface area (Å²) < 4.78 is 88.9. The van der Waals surface area contributed by atoms with Crippen molar-refractivity contribution >= 4 is 17.7 Å². The highest BCUT2D eigenvalue weighted by Crippen LogP contribution is 2.30. The Morgan fingerprint density at radius 3 is 2.15 bits per heavy atom. The van der Waals surface area contributed by atoms with Crippen LogP contribution in [0.3, 0.4) is 0 Å². The molecule has 1 aromatic heterocycles. The number of aromatic amines is 1. The number of nitrogens with one attached hydrogen (secondary N) is 1. The van der Waals surface area contributed by atoms with E-state index in [1.165, 1.54) is 7.11 Å². The van der Waals surface area contributed by atoms with Gasteiger partial charge >= 0.3 is 24.3 Å². The van der Waals surface area contributed by atoms with Crippen molar-refractivity contribution in [3.05, 3.63) is 88.0 Å². The number of ketones is 1. The van der Waals surface area contributed by atoms with Crippen LogP contribution in [0.15, 0.2) is 48.7 Å². The van der Waals surface area contributed by atoms with Crippen molar-refractivity contribution in [2.75, 3.05) is 7.11 Å². The number of esters is 1. The van der Waals surface area contributed by atoms with E-state index in [4.69, 9.17) is 14.6 Å². The Morgan fingerprint density at radius 1 is 0.923 bits per heavy atom. The number of nitrogens with zero attached hydrogens (tertiary/aromatic N) is 1. The van der Waals surface area contributed by atoms with E-state index in [0.717, 1.165) is 11.6 Å². The van der Waals surface area contributed by atoms with E-state index >= 15 is 0 Å². The maximum absolute atomic E-state index is 13.9. The van der Waals surface area contributed by atoms with E-state index in [0.29, 0.717) is 36.1 Å². The SMILES string of the molecule is COC(=O)c1[nH]ncc1CCc1cccc(CC(=O)Cc2cc(C(F)(F)F)ccc2F)c1.O=C(O)C(F)(F)F. The molecule has 3 rings (SSSR count). The predicted molar refractivity (Wildman–Crippen MR) is 121 cm³/mol. The van der Waals surface area contributed by atoms with Crippen molar-refractivity contribution in [1.82, 2.24) is 10.2 Å². The maximum atomic E-state index is 13.9. The highest BCUT2D eigenvalue weighted by molar-refractivity contribution is 5.88. The van der Waals surface area contributed by atoms with Crippen LogP contribution in [0.4, 0.5) is 30.7 Å². The first-order valence-electron chi connectivity index (χ1n) is 11.0. The van der Waals surface area contributed by atoms with Crippen LogP contribution in [-0.4, -0.2) is 46.3 Å². The van der Waals surface area contributed by atoms with Crippen LogP contribution in [0.1, 0.15) is 38.3 Å². The molecule has 0 saturated heterocycles. The Labute approximate surface area is 216 Å². The number of carboxylic acid groups (broad SMARTS) is 1. The second-order valence-electron chi connectivity index (χ2n) is 8.08. The Kier molecular flexibility index (Phi) is 10.3. The van der Waals surface area contributed by atoms with Crippen LogP contribution in [-0.2, 0) is 46.2 Å². The molecule has 3 aromatic rings. The zero-order chi connectivity index (χ0) is 29.4. The van der Waals surface area contributed by atoms with Crippen molar-refractivity contribution < 1.29 is 55.0 Å². The molecule has 39 heavy (non-hydrogen) atoms. The lowest BCUT2D eigenvalue weighted by atomic mass is 9.98. The minimum Gasteiger partial charge on any atom is -0.475 e. The summed E-state index contributed by atoms with van der Waals surface area (Å²) in [7, 11) is 1.28.